The van der Waals surface area contributed by atoms with Gasteiger partial charge in [0.05, 0.1) is 32.6 Å². The maximum atomic E-state index is 13.5. The van der Waals surface area contributed by atoms with Gasteiger partial charge in [-0.25, -0.2) is 9.97 Å². The minimum atomic E-state index is 0.0711. The van der Waals surface area contributed by atoms with Crippen LogP contribution in [0.15, 0.2) is 48.5 Å². The van der Waals surface area contributed by atoms with Gasteiger partial charge < -0.3 is 19.3 Å². The van der Waals surface area contributed by atoms with Gasteiger partial charge in [-0.3, -0.25) is 4.79 Å². The van der Waals surface area contributed by atoms with Crippen LogP contribution in [0.4, 0.5) is 5.82 Å². The second-order valence-electron chi connectivity index (χ2n) is 10.1. The van der Waals surface area contributed by atoms with Crippen LogP contribution in [-0.4, -0.2) is 60.7 Å². The molecule has 0 spiro atoms. The monoisotopic (exact) mass is 514 g/mol. The number of ether oxygens (including phenoxy) is 2. The molecule has 200 valence electrons. The van der Waals surface area contributed by atoms with E-state index in [1.54, 1.807) is 7.11 Å². The molecule has 1 aromatic heterocycles. The number of carbonyl (C=O) groups is 1. The van der Waals surface area contributed by atoms with Gasteiger partial charge in [-0.15, -0.1) is 0 Å². The van der Waals surface area contributed by atoms with Gasteiger partial charge in [0, 0.05) is 49.2 Å². The lowest BCUT2D eigenvalue weighted by Gasteiger charge is -2.34. The van der Waals surface area contributed by atoms with E-state index >= 15 is 0 Å². The molecule has 0 atom stereocenters. The lowest BCUT2D eigenvalue weighted by molar-refractivity contribution is 0.0733. The van der Waals surface area contributed by atoms with E-state index in [0.29, 0.717) is 32.7 Å². The summed E-state index contributed by atoms with van der Waals surface area (Å²) in [5.74, 6) is 2.64. The van der Waals surface area contributed by atoms with Crippen molar-refractivity contribution in [3.63, 3.8) is 0 Å². The Bertz CT molecular complexity index is 1240. The molecule has 0 radical (unpaired) electrons. The van der Waals surface area contributed by atoms with Crippen molar-refractivity contribution in [2.24, 2.45) is 0 Å². The Morgan fingerprint density at radius 3 is 2.55 bits per heavy atom. The largest absolute Gasteiger partial charge is 0.496 e. The van der Waals surface area contributed by atoms with Crippen molar-refractivity contribution in [2.45, 2.75) is 52.0 Å². The molecule has 3 heterocycles. The number of hydrogen-bond donors (Lipinski definition) is 0. The van der Waals surface area contributed by atoms with E-state index in [-0.39, 0.29) is 5.91 Å². The summed E-state index contributed by atoms with van der Waals surface area (Å²) in [6, 6.07) is 16.2. The van der Waals surface area contributed by atoms with Crippen LogP contribution in [0.25, 0.3) is 0 Å². The summed E-state index contributed by atoms with van der Waals surface area (Å²) in [5.41, 5.74) is 5.21. The highest BCUT2D eigenvalue weighted by Gasteiger charge is 2.29. The van der Waals surface area contributed by atoms with Gasteiger partial charge in [0.1, 0.15) is 17.4 Å². The third-order valence-corrected chi connectivity index (χ3v) is 7.49. The molecule has 0 saturated carbocycles. The first-order valence-corrected chi connectivity index (χ1v) is 13.9. The quantitative estimate of drug-likeness (QED) is 0.381. The van der Waals surface area contributed by atoms with Crippen molar-refractivity contribution in [3.8, 4) is 5.75 Å². The van der Waals surface area contributed by atoms with Crippen molar-refractivity contribution in [2.75, 3.05) is 44.9 Å². The summed E-state index contributed by atoms with van der Waals surface area (Å²) in [4.78, 5) is 27.8. The van der Waals surface area contributed by atoms with E-state index in [4.69, 9.17) is 19.4 Å². The Balaban J connectivity index is 1.38. The standard InChI is InChI=1S/C31H38N4O3/c1-3-4-5-8-23-11-13-24(14-12-23)31(36)35-16-15-27-26(22-35)30(34-17-19-38-20-18-34)33-29(32-27)21-25-9-6-7-10-28(25)37-2/h6-7,9-14H,3-5,8,15-22H2,1-2H3. The van der Waals surface area contributed by atoms with Crippen molar-refractivity contribution < 1.29 is 14.3 Å². The predicted octanol–water partition coefficient (Wildman–Crippen LogP) is 4.84. The van der Waals surface area contributed by atoms with E-state index in [1.165, 1.54) is 24.8 Å². The molecule has 1 amide bonds. The minimum absolute atomic E-state index is 0.0711. The summed E-state index contributed by atoms with van der Waals surface area (Å²) in [7, 11) is 1.69. The second kappa shape index (κ2) is 12.4. The van der Waals surface area contributed by atoms with Crippen LogP contribution in [0.5, 0.6) is 5.75 Å². The maximum absolute atomic E-state index is 13.5. The molecule has 2 aromatic carbocycles. The van der Waals surface area contributed by atoms with Gasteiger partial charge in [-0.1, -0.05) is 50.1 Å². The average Bonchev–Trinajstić information content (AvgIpc) is 2.97. The molecule has 1 saturated heterocycles. The summed E-state index contributed by atoms with van der Waals surface area (Å²) in [6.45, 7) is 6.30. The van der Waals surface area contributed by atoms with E-state index < -0.39 is 0 Å². The number of unbranched alkanes of at least 4 members (excludes halogenated alkanes) is 2. The second-order valence-corrected chi connectivity index (χ2v) is 10.1. The van der Waals surface area contributed by atoms with E-state index in [1.807, 2.05) is 35.2 Å². The number of hydrogen-bond acceptors (Lipinski definition) is 6. The smallest absolute Gasteiger partial charge is 0.254 e. The van der Waals surface area contributed by atoms with Crippen LogP contribution in [0.3, 0.4) is 0 Å². The van der Waals surface area contributed by atoms with Crippen molar-refractivity contribution in [3.05, 3.63) is 82.3 Å². The fourth-order valence-electron chi connectivity index (χ4n) is 5.33. The first-order chi connectivity index (χ1) is 18.7. The summed E-state index contributed by atoms with van der Waals surface area (Å²) >= 11 is 0. The lowest BCUT2D eigenvalue weighted by atomic mass is 10.0. The zero-order valence-electron chi connectivity index (χ0n) is 22.6. The normalized spacial score (nSPS) is 15.3. The van der Waals surface area contributed by atoms with Crippen LogP contribution < -0.4 is 9.64 Å². The van der Waals surface area contributed by atoms with Crippen molar-refractivity contribution in [1.29, 1.82) is 0 Å². The molecule has 7 nitrogen and oxygen atoms in total. The van der Waals surface area contributed by atoms with Gasteiger partial charge in [-0.2, -0.15) is 0 Å². The van der Waals surface area contributed by atoms with Crippen LogP contribution >= 0.6 is 0 Å². The Morgan fingerprint density at radius 2 is 1.79 bits per heavy atom. The molecule has 0 unspecified atom stereocenters. The maximum Gasteiger partial charge on any atom is 0.254 e. The molecule has 3 aromatic rings. The van der Waals surface area contributed by atoms with E-state index in [9.17, 15) is 4.79 Å². The number of carbonyl (C=O) groups excluding carboxylic acids is 1. The highest BCUT2D eigenvalue weighted by molar-refractivity contribution is 5.94. The SMILES string of the molecule is CCCCCc1ccc(C(=O)N2CCc3nc(Cc4ccccc4OC)nc(N4CCOCC4)c3C2)cc1. The summed E-state index contributed by atoms with van der Waals surface area (Å²) in [6.07, 6.45) is 6.02. The highest BCUT2D eigenvalue weighted by Crippen LogP contribution is 2.30. The predicted molar refractivity (Wildman–Crippen MR) is 149 cm³/mol. The molecule has 7 heteroatoms. The summed E-state index contributed by atoms with van der Waals surface area (Å²) in [5, 5.41) is 0. The van der Waals surface area contributed by atoms with Crippen LogP contribution in [0, 0.1) is 0 Å². The number of morpholine rings is 1. The summed E-state index contributed by atoms with van der Waals surface area (Å²) < 4.78 is 11.2. The Kier molecular flexibility index (Phi) is 8.54. The third-order valence-electron chi connectivity index (χ3n) is 7.49. The number of anilines is 1. The van der Waals surface area contributed by atoms with Crippen LogP contribution in [-0.2, 0) is 30.5 Å². The molecule has 0 bridgehead atoms. The molecule has 2 aliphatic rings. The highest BCUT2D eigenvalue weighted by atomic mass is 16.5. The van der Waals surface area contributed by atoms with Crippen LogP contribution in [0.1, 0.15) is 64.8 Å². The van der Waals surface area contributed by atoms with Crippen molar-refractivity contribution in [1.82, 2.24) is 14.9 Å². The van der Waals surface area contributed by atoms with Gasteiger partial charge in [0.15, 0.2) is 0 Å². The minimum Gasteiger partial charge on any atom is -0.496 e. The fraction of sp³-hybridized carbons (Fsp3) is 0.452. The Morgan fingerprint density at radius 1 is 1.00 bits per heavy atom. The molecular weight excluding hydrogens is 476 g/mol. The number of para-hydroxylation sites is 1. The van der Waals surface area contributed by atoms with Crippen LogP contribution in [0.2, 0.25) is 0 Å². The first kappa shape index (κ1) is 26.2. The molecular formula is C31H38N4O3. The van der Waals surface area contributed by atoms with E-state index in [2.05, 4.69) is 30.0 Å². The third kappa shape index (κ3) is 5.99. The topological polar surface area (TPSA) is 67.8 Å². The molecule has 5 rings (SSSR count). The average molecular weight is 515 g/mol. The van der Waals surface area contributed by atoms with E-state index in [0.717, 1.165) is 65.7 Å². The number of aromatic nitrogens is 2. The zero-order chi connectivity index (χ0) is 26.3. The van der Waals surface area contributed by atoms with Gasteiger partial charge in [0.25, 0.3) is 5.91 Å². The number of amides is 1. The Hall–Kier alpha value is -3.45. The number of nitrogens with zero attached hydrogens (tertiary/aromatic N) is 4. The fourth-order valence-corrected chi connectivity index (χ4v) is 5.33. The number of rotatable bonds is 9. The number of aryl methyl sites for hydroxylation is 1. The molecule has 38 heavy (non-hydrogen) atoms. The molecule has 1 fully saturated rings. The van der Waals surface area contributed by atoms with Gasteiger partial charge in [-0.05, 0) is 36.6 Å². The number of benzene rings is 2. The zero-order valence-corrected chi connectivity index (χ0v) is 22.6. The van der Waals surface area contributed by atoms with Crippen molar-refractivity contribution >= 4 is 11.7 Å². The molecule has 2 aliphatic heterocycles. The number of methoxy groups -OCH3 is 1. The molecule has 0 N–H and O–H groups in total. The van der Waals surface area contributed by atoms with Gasteiger partial charge in [0.2, 0.25) is 0 Å². The lowest BCUT2D eigenvalue weighted by Crippen LogP contribution is -2.41. The van der Waals surface area contributed by atoms with Gasteiger partial charge >= 0.3 is 0 Å². The molecule has 0 aliphatic carbocycles. The first-order valence-electron chi connectivity index (χ1n) is 13.9. The Labute approximate surface area is 225 Å². The number of fused-ring (bicyclic) bond motifs is 1.